The topological polar surface area (TPSA) is 73.9 Å². The van der Waals surface area contributed by atoms with Crippen LogP contribution in [0, 0.1) is 22.7 Å². The van der Waals surface area contributed by atoms with Crippen LogP contribution in [-0.4, -0.2) is 20.3 Å². The molecular weight excluding hydrogens is 131 g/mol. The smallest absolute Gasteiger partial charge is 0.300 e. The van der Waals surface area contributed by atoms with Crippen LogP contribution in [0.2, 0.25) is 5.82 Å². The molecule has 0 bridgehead atoms. The maximum Gasteiger partial charge on any atom is 0.300 e. The lowest BCUT2D eigenvalue weighted by molar-refractivity contribution is 0.197. The fourth-order valence-corrected chi connectivity index (χ4v) is 0.308. The molecule has 0 aromatic heterocycles. The van der Waals surface area contributed by atoms with Crippen LogP contribution in [0.3, 0.4) is 0 Å². The standard InChI is InChI=1S/C5H4BN2O2/c1-10-5(9)6-4(2-7)3-8/h4H,1H3. The van der Waals surface area contributed by atoms with E-state index in [0.29, 0.717) is 0 Å². The Morgan fingerprint density at radius 2 is 2.10 bits per heavy atom. The zero-order valence-corrected chi connectivity index (χ0v) is 5.37. The SMILES string of the molecule is COC(=O)[B]C(C#N)C#N. The fourth-order valence-electron chi connectivity index (χ4n) is 0.308. The zero-order valence-electron chi connectivity index (χ0n) is 5.37. The summed E-state index contributed by atoms with van der Waals surface area (Å²) in [5.74, 6) is -1.67. The molecule has 0 aliphatic rings. The van der Waals surface area contributed by atoms with Crippen LogP contribution in [-0.2, 0) is 4.74 Å². The van der Waals surface area contributed by atoms with Crippen molar-refractivity contribution in [3.8, 4) is 12.1 Å². The molecule has 0 saturated heterocycles. The van der Waals surface area contributed by atoms with Gasteiger partial charge < -0.3 is 4.74 Å². The average molecular weight is 135 g/mol. The molecule has 0 aromatic carbocycles. The minimum absolute atomic E-state index is 0.659. The molecule has 0 aliphatic carbocycles. The largest absolute Gasteiger partial charge is 0.477 e. The molecule has 0 aliphatic heterocycles. The van der Waals surface area contributed by atoms with Crippen LogP contribution in [0.5, 0.6) is 0 Å². The number of nitrogens with zero attached hydrogens (tertiary/aromatic N) is 2. The summed E-state index contributed by atoms with van der Waals surface area (Å²) in [5.41, 5.74) is 0. The Balaban J connectivity index is 3.81. The van der Waals surface area contributed by atoms with E-state index in [1.165, 1.54) is 7.11 Å². The molecule has 0 aromatic rings. The van der Waals surface area contributed by atoms with Gasteiger partial charge in [-0.05, 0) is 0 Å². The van der Waals surface area contributed by atoms with Crippen molar-refractivity contribution in [2.75, 3.05) is 7.11 Å². The van der Waals surface area contributed by atoms with Gasteiger partial charge in [0.25, 0.3) is 7.28 Å². The molecule has 0 atom stereocenters. The first-order valence-corrected chi connectivity index (χ1v) is 2.46. The van der Waals surface area contributed by atoms with Gasteiger partial charge in [0.1, 0.15) is 5.82 Å². The first-order valence-electron chi connectivity index (χ1n) is 2.46. The Bertz CT molecular complexity index is 189. The molecule has 0 N–H and O–H groups in total. The lowest BCUT2D eigenvalue weighted by Gasteiger charge is -1.94. The second-order valence-electron chi connectivity index (χ2n) is 1.43. The van der Waals surface area contributed by atoms with Gasteiger partial charge in [0.15, 0.2) is 0 Å². The summed E-state index contributed by atoms with van der Waals surface area (Å²) in [4.78, 5) is 10.4. The molecule has 0 saturated carbocycles. The number of methoxy groups -OCH3 is 1. The van der Waals surface area contributed by atoms with Gasteiger partial charge in [-0.3, -0.25) is 4.79 Å². The quantitative estimate of drug-likeness (QED) is 0.510. The summed E-state index contributed by atoms with van der Waals surface area (Å²) in [6, 6.07) is 3.20. The molecule has 0 fully saturated rings. The molecule has 0 rings (SSSR count). The monoisotopic (exact) mass is 135 g/mol. The Hall–Kier alpha value is -1.49. The van der Waals surface area contributed by atoms with Crippen molar-refractivity contribution in [1.29, 1.82) is 10.5 Å². The predicted molar refractivity (Wildman–Crippen MR) is 33.1 cm³/mol. The van der Waals surface area contributed by atoms with Crippen LogP contribution >= 0.6 is 0 Å². The van der Waals surface area contributed by atoms with Crippen LogP contribution in [0.15, 0.2) is 0 Å². The van der Waals surface area contributed by atoms with E-state index >= 15 is 0 Å². The van der Waals surface area contributed by atoms with Gasteiger partial charge in [0.05, 0.1) is 19.2 Å². The number of hydrogen-bond donors (Lipinski definition) is 0. The van der Waals surface area contributed by atoms with Gasteiger partial charge in [-0.2, -0.15) is 10.5 Å². The Morgan fingerprint density at radius 3 is 2.40 bits per heavy atom. The molecule has 5 heteroatoms. The summed E-state index contributed by atoms with van der Waals surface area (Å²) in [7, 11) is 2.10. The second kappa shape index (κ2) is 4.40. The van der Waals surface area contributed by atoms with Gasteiger partial charge in [0.2, 0.25) is 5.87 Å². The van der Waals surface area contributed by atoms with Crippen molar-refractivity contribution in [2.45, 2.75) is 5.82 Å². The number of rotatable bonds is 2. The van der Waals surface area contributed by atoms with Crippen LogP contribution in [0.25, 0.3) is 0 Å². The van der Waals surface area contributed by atoms with Gasteiger partial charge >= 0.3 is 0 Å². The Labute approximate surface area is 59.2 Å². The normalized spacial score (nSPS) is 7.60. The van der Waals surface area contributed by atoms with Crippen molar-refractivity contribution >= 4 is 13.1 Å². The van der Waals surface area contributed by atoms with Crippen molar-refractivity contribution in [1.82, 2.24) is 0 Å². The van der Waals surface area contributed by atoms with E-state index in [-0.39, 0.29) is 0 Å². The van der Waals surface area contributed by atoms with Crippen molar-refractivity contribution < 1.29 is 9.53 Å². The van der Waals surface area contributed by atoms with E-state index in [4.69, 9.17) is 10.5 Å². The third-order valence-electron chi connectivity index (χ3n) is 0.782. The number of carbonyl (C=O) groups excluding carboxylic acids is 1. The summed E-state index contributed by atoms with van der Waals surface area (Å²) < 4.78 is 4.19. The lowest BCUT2D eigenvalue weighted by atomic mass is 9.66. The maximum absolute atomic E-state index is 10.4. The van der Waals surface area contributed by atoms with Crippen molar-refractivity contribution in [2.24, 2.45) is 0 Å². The van der Waals surface area contributed by atoms with E-state index in [2.05, 4.69) is 4.74 Å². The van der Waals surface area contributed by atoms with Gasteiger partial charge in [-0.1, -0.05) is 0 Å². The summed E-state index contributed by atoms with van der Waals surface area (Å²) in [6.07, 6.45) is 0. The molecule has 1 radical (unpaired) electrons. The van der Waals surface area contributed by atoms with Gasteiger partial charge in [-0.25, -0.2) is 0 Å². The Morgan fingerprint density at radius 1 is 1.60 bits per heavy atom. The molecule has 49 valence electrons. The maximum atomic E-state index is 10.4. The molecular formula is C5H4BN2O2. The van der Waals surface area contributed by atoms with Crippen molar-refractivity contribution in [3.05, 3.63) is 0 Å². The first-order chi connectivity index (χ1) is 4.74. The third kappa shape index (κ3) is 2.73. The van der Waals surface area contributed by atoms with Gasteiger partial charge in [0, 0.05) is 0 Å². The highest BCUT2D eigenvalue weighted by molar-refractivity contribution is 6.74. The fraction of sp³-hybridized carbons (Fsp3) is 0.400. The minimum Gasteiger partial charge on any atom is -0.477 e. The van der Waals surface area contributed by atoms with Gasteiger partial charge in [-0.15, -0.1) is 0 Å². The highest BCUT2D eigenvalue weighted by Crippen LogP contribution is 1.97. The molecule has 4 nitrogen and oxygen atoms in total. The van der Waals surface area contributed by atoms with Crippen molar-refractivity contribution in [3.63, 3.8) is 0 Å². The van der Waals surface area contributed by atoms with E-state index in [1.54, 1.807) is 12.1 Å². The van der Waals surface area contributed by atoms with Crippen LogP contribution < -0.4 is 0 Å². The number of hydrogen-bond acceptors (Lipinski definition) is 4. The molecule has 0 spiro atoms. The van der Waals surface area contributed by atoms with E-state index in [1.807, 2.05) is 0 Å². The molecule has 0 unspecified atom stereocenters. The van der Waals surface area contributed by atoms with Crippen LogP contribution in [0.1, 0.15) is 0 Å². The third-order valence-corrected chi connectivity index (χ3v) is 0.782. The zero-order chi connectivity index (χ0) is 7.98. The number of nitriles is 2. The second-order valence-corrected chi connectivity index (χ2v) is 1.43. The predicted octanol–water partition coefficient (Wildman–Crippen LogP) is 0.293. The minimum atomic E-state index is -1.01. The molecule has 0 amide bonds. The summed E-state index contributed by atoms with van der Waals surface area (Å²) in [6.45, 7) is 0. The molecule has 10 heavy (non-hydrogen) atoms. The highest BCUT2D eigenvalue weighted by atomic mass is 16.5. The van der Waals surface area contributed by atoms with E-state index in [0.717, 1.165) is 7.28 Å². The molecule has 0 heterocycles. The lowest BCUT2D eigenvalue weighted by Crippen LogP contribution is -2.13. The van der Waals surface area contributed by atoms with Crippen LogP contribution in [0.4, 0.5) is 4.79 Å². The highest BCUT2D eigenvalue weighted by Gasteiger charge is 2.14. The Kier molecular flexibility index (Phi) is 3.75. The summed E-state index contributed by atoms with van der Waals surface area (Å²) >= 11 is 0. The summed E-state index contributed by atoms with van der Waals surface area (Å²) in [5, 5.41) is 16.3. The number of carbonyl (C=O) groups is 1. The van der Waals surface area contributed by atoms with E-state index < -0.39 is 11.7 Å². The average Bonchev–Trinajstić information content (AvgIpc) is 1.99. The number of ether oxygens (including phenoxy) is 1. The van der Waals surface area contributed by atoms with E-state index in [9.17, 15) is 4.79 Å². The first kappa shape index (κ1) is 8.51.